The minimum absolute atomic E-state index is 0.0991. The second kappa shape index (κ2) is 21.1. The minimum Gasteiger partial charge on any atom is -0.493 e. The number of carboxylic acids is 1. The number of benzene rings is 1. The molecule has 1 amide bonds. The number of hydrogen-bond acceptors (Lipinski definition) is 13. The van der Waals surface area contributed by atoms with Crippen molar-refractivity contribution in [3.05, 3.63) is 53.9 Å². The van der Waals surface area contributed by atoms with Crippen molar-refractivity contribution in [2.75, 3.05) is 33.7 Å². The summed E-state index contributed by atoms with van der Waals surface area (Å²) >= 11 is 0. The quantitative estimate of drug-likeness (QED) is 0.0995. The van der Waals surface area contributed by atoms with E-state index in [0.717, 1.165) is 11.8 Å². The third-order valence-corrected chi connectivity index (χ3v) is 7.10. The monoisotopic (exact) mass is 686 g/mol. The van der Waals surface area contributed by atoms with Crippen molar-refractivity contribution in [2.45, 2.75) is 52.2 Å². The Bertz CT molecular complexity index is 1420. The van der Waals surface area contributed by atoms with E-state index in [1.54, 1.807) is 13.8 Å². The van der Waals surface area contributed by atoms with Crippen LogP contribution in [0.2, 0.25) is 0 Å². The van der Waals surface area contributed by atoms with Crippen LogP contribution in [0, 0.1) is 17.8 Å². The number of ketones is 2. The average Bonchev–Trinajstić information content (AvgIpc) is 3.11. The fourth-order valence-corrected chi connectivity index (χ4v) is 4.47. The van der Waals surface area contributed by atoms with E-state index < -0.39 is 72.5 Å². The molecule has 15 nitrogen and oxygen atoms in total. The first-order chi connectivity index (χ1) is 23.4. The molecular weight excluding hydrogens is 644 g/mol. The number of esters is 1. The molecule has 3 rings (SSSR count). The molecule has 49 heavy (non-hydrogen) atoms. The number of ether oxygens (including phenoxy) is 5. The zero-order chi connectivity index (χ0) is 36.3. The van der Waals surface area contributed by atoms with E-state index in [0.29, 0.717) is 25.9 Å². The maximum absolute atomic E-state index is 13.1. The third-order valence-electron chi connectivity index (χ3n) is 7.10. The van der Waals surface area contributed by atoms with Crippen LogP contribution < -0.4 is 14.8 Å². The molecule has 1 aliphatic rings. The highest BCUT2D eigenvalue weighted by Gasteiger charge is 2.32. The number of aldehydes is 2. The lowest BCUT2D eigenvalue weighted by atomic mass is 9.86. The van der Waals surface area contributed by atoms with Crippen LogP contribution in [-0.4, -0.2) is 97.9 Å². The summed E-state index contributed by atoms with van der Waals surface area (Å²) in [4.78, 5) is 88.0. The Kier molecular flexibility index (Phi) is 17.3. The number of aromatic nitrogens is 1. The fraction of sp³-hybridized carbons (Fsp3) is 0.471. The smallest absolute Gasteiger partial charge is 0.335 e. The van der Waals surface area contributed by atoms with Gasteiger partial charge in [0.05, 0.1) is 32.8 Å². The molecule has 1 saturated heterocycles. The van der Waals surface area contributed by atoms with Gasteiger partial charge in [-0.3, -0.25) is 19.2 Å². The van der Waals surface area contributed by atoms with E-state index >= 15 is 0 Å². The molecule has 0 aliphatic carbocycles. The summed E-state index contributed by atoms with van der Waals surface area (Å²) in [6.45, 7) is 5.33. The summed E-state index contributed by atoms with van der Waals surface area (Å²) in [5.74, 6) is -5.99. The summed E-state index contributed by atoms with van der Waals surface area (Å²) < 4.78 is 25.3. The van der Waals surface area contributed by atoms with E-state index in [1.807, 2.05) is 30.3 Å². The standard InChI is InChI=1S/C29H34N2O9.C5H8O4/c1-18(2)29(37)40-17-39-27-23(38-4)10-12-30-24(27)28(36)31-22(11-13-32)26(35)25(34)19(3)14-21(16-33)15-20-8-6-5-7-9-20;6-5(7)4-3-8-1-2-9-4/h5-10,12-13,16,18-19,21-22H,11,14-15,17H2,1-4H3,(H,31,36);4H,1-3H2,(H,6,7)/t19-,21+,22-;/m0./s1. The summed E-state index contributed by atoms with van der Waals surface area (Å²) in [5.41, 5.74) is 0.604. The van der Waals surface area contributed by atoms with Crippen molar-refractivity contribution in [3.63, 3.8) is 0 Å². The number of nitrogens with one attached hydrogen (secondary N) is 1. The molecular formula is C34H42N2O13. The molecule has 2 aromatic rings. The predicted molar refractivity (Wildman–Crippen MR) is 171 cm³/mol. The Morgan fingerprint density at radius 3 is 2.31 bits per heavy atom. The highest BCUT2D eigenvalue weighted by molar-refractivity contribution is 6.40. The van der Waals surface area contributed by atoms with Crippen molar-refractivity contribution in [1.82, 2.24) is 10.3 Å². The second-order valence-corrected chi connectivity index (χ2v) is 11.2. The van der Waals surface area contributed by atoms with Crippen LogP contribution in [0.1, 0.15) is 49.7 Å². The van der Waals surface area contributed by atoms with Crippen LogP contribution in [0.4, 0.5) is 0 Å². The van der Waals surface area contributed by atoms with E-state index in [1.165, 1.54) is 26.3 Å². The second-order valence-electron chi connectivity index (χ2n) is 11.2. The number of methoxy groups -OCH3 is 1. The maximum atomic E-state index is 13.1. The highest BCUT2D eigenvalue weighted by Crippen LogP contribution is 2.30. The van der Waals surface area contributed by atoms with Crippen LogP contribution in [0.3, 0.4) is 0 Å². The van der Waals surface area contributed by atoms with Gasteiger partial charge >= 0.3 is 11.9 Å². The van der Waals surface area contributed by atoms with Gasteiger partial charge in [0.1, 0.15) is 18.6 Å². The van der Waals surface area contributed by atoms with Gasteiger partial charge in [-0.15, -0.1) is 0 Å². The molecule has 2 heterocycles. The molecule has 15 heteroatoms. The minimum atomic E-state index is -1.47. The average molecular weight is 687 g/mol. The Morgan fingerprint density at radius 1 is 1.04 bits per heavy atom. The largest absolute Gasteiger partial charge is 0.493 e. The summed E-state index contributed by atoms with van der Waals surface area (Å²) in [6.07, 6.45) is 1.73. The van der Waals surface area contributed by atoms with Gasteiger partial charge in [-0.2, -0.15) is 0 Å². The first kappa shape index (κ1) is 40.2. The topological polar surface area (TPSA) is 211 Å². The number of rotatable bonds is 18. The zero-order valence-electron chi connectivity index (χ0n) is 27.8. The van der Waals surface area contributed by atoms with Crippen molar-refractivity contribution < 1.29 is 62.4 Å². The van der Waals surface area contributed by atoms with Crippen molar-refractivity contribution in [3.8, 4) is 11.5 Å². The first-order valence-corrected chi connectivity index (χ1v) is 15.5. The number of pyridine rings is 1. The normalized spacial score (nSPS) is 15.7. The molecule has 1 fully saturated rings. The highest BCUT2D eigenvalue weighted by atomic mass is 16.7. The van der Waals surface area contributed by atoms with E-state index in [-0.39, 0.29) is 30.2 Å². The van der Waals surface area contributed by atoms with Gasteiger partial charge < -0.3 is 43.7 Å². The molecule has 4 atom stereocenters. The molecule has 2 N–H and O–H groups in total. The molecule has 266 valence electrons. The predicted octanol–water partition coefficient (Wildman–Crippen LogP) is 2.02. The fourth-order valence-electron chi connectivity index (χ4n) is 4.47. The molecule has 0 spiro atoms. The van der Waals surface area contributed by atoms with Gasteiger partial charge in [0.25, 0.3) is 5.91 Å². The number of hydrogen-bond donors (Lipinski definition) is 2. The van der Waals surface area contributed by atoms with Crippen LogP contribution >= 0.6 is 0 Å². The van der Waals surface area contributed by atoms with Gasteiger partial charge in [-0.25, -0.2) is 9.78 Å². The van der Waals surface area contributed by atoms with Crippen LogP contribution in [-0.2, 0) is 49.4 Å². The zero-order valence-corrected chi connectivity index (χ0v) is 27.8. The molecule has 0 saturated carbocycles. The van der Waals surface area contributed by atoms with Gasteiger partial charge in [-0.1, -0.05) is 51.1 Å². The van der Waals surface area contributed by atoms with Crippen LogP contribution in [0.5, 0.6) is 11.5 Å². The third kappa shape index (κ3) is 13.2. The van der Waals surface area contributed by atoms with Gasteiger partial charge in [-0.05, 0) is 18.4 Å². The summed E-state index contributed by atoms with van der Waals surface area (Å²) in [6, 6.07) is 9.20. The Labute approximate surface area is 283 Å². The number of nitrogens with zero attached hydrogens (tertiary/aromatic N) is 1. The lowest BCUT2D eigenvalue weighted by molar-refractivity contribution is -0.164. The summed E-state index contributed by atoms with van der Waals surface area (Å²) in [7, 11) is 1.33. The van der Waals surface area contributed by atoms with E-state index in [9.17, 15) is 33.6 Å². The molecule has 1 unspecified atom stereocenters. The number of carbonyl (C=O) groups excluding carboxylic acids is 6. The van der Waals surface area contributed by atoms with Gasteiger partial charge in [0, 0.05) is 30.5 Å². The lowest BCUT2D eigenvalue weighted by Gasteiger charge is -2.20. The lowest BCUT2D eigenvalue weighted by Crippen LogP contribution is -2.46. The Morgan fingerprint density at radius 2 is 1.76 bits per heavy atom. The van der Waals surface area contributed by atoms with Crippen molar-refractivity contribution in [2.24, 2.45) is 17.8 Å². The van der Waals surface area contributed by atoms with Crippen LogP contribution in [0.25, 0.3) is 0 Å². The first-order valence-electron chi connectivity index (χ1n) is 15.5. The number of Topliss-reactive ketones (excluding diaryl/α,β-unsaturated/α-hetero) is 2. The molecule has 1 aliphatic heterocycles. The van der Waals surface area contributed by atoms with Crippen molar-refractivity contribution >= 4 is 42.0 Å². The number of aliphatic carboxylic acids is 1. The molecule has 0 radical (unpaired) electrons. The molecule has 0 bridgehead atoms. The molecule has 1 aromatic carbocycles. The van der Waals surface area contributed by atoms with Crippen molar-refractivity contribution in [1.29, 1.82) is 0 Å². The number of amides is 1. The SMILES string of the molecule is COc1ccnc(C(=O)N[C@@H](CC=O)C(=O)C(=O)[C@@H](C)C[C@@H](C=O)Cc2ccccc2)c1OCOC(=O)C(C)C.O=C(O)C1COCCO1. The Hall–Kier alpha value is -5.02. The van der Waals surface area contributed by atoms with Gasteiger partial charge in [0.15, 0.2) is 23.3 Å². The maximum Gasteiger partial charge on any atom is 0.335 e. The molecule has 1 aromatic heterocycles. The number of carbonyl (C=O) groups is 7. The van der Waals surface area contributed by atoms with E-state index in [2.05, 4.69) is 10.3 Å². The van der Waals surface area contributed by atoms with E-state index in [4.69, 9.17) is 28.8 Å². The van der Waals surface area contributed by atoms with Crippen LogP contribution in [0.15, 0.2) is 42.6 Å². The summed E-state index contributed by atoms with van der Waals surface area (Å²) in [5, 5.41) is 10.7. The number of carboxylic acid groups (broad SMARTS) is 1. The van der Waals surface area contributed by atoms with Gasteiger partial charge in [0.2, 0.25) is 18.4 Å². The Balaban J connectivity index is 0.000000797.